The van der Waals surface area contributed by atoms with E-state index in [1.54, 1.807) is 0 Å². The fourth-order valence-electron chi connectivity index (χ4n) is 5.88. The van der Waals surface area contributed by atoms with Crippen LogP contribution >= 0.6 is 0 Å². The van der Waals surface area contributed by atoms with Gasteiger partial charge in [0, 0.05) is 44.0 Å². The molecule has 0 aromatic heterocycles. The van der Waals surface area contributed by atoms with Crippen molar-refractivity contribution in [3.8, 4) is 0 Å². The molecule has 3 heterocycles. The Kier molecular flexibility index (Phi) is 7.19. The van der Waals surface area contributed by atoms with Gasteiger partial charge in [0.2, 0.25) is 0 Å². The fourth-order valence-corrected chi connectivity index (χ4v) is 5.88. The second-order valence-electron chi connectivity index (χ2n) is 9.69. The summed E-state index contributed by atoms with van der Waals surface area (Å²) in [7, 11) is 0. The van der Waals surface area contributed by atoms with Gasteiger partial charge in [-0.1, -0.05) is 18.2 Å². The molecule has 3 aliphatic heterocycles. The highest BCUT2D eigenvalue weighted by Gasteiger charge is 2.60. The minimum Gasteiger partial charge on any atom is -0.426 e. The van der Waals surface area contributed by atoms with Crippen molar-refractivity contribution < 1.29 is 35.9 Å². The molecule has 196 valence electrons. The summed E-state index contributed by atoms with van der Waals surface area (Å²) in [6, 6.07) is 6.38. The summed E-state index contributed by atoms with van der Waals surface area (Å²) in [6.07, 6.45) is -12.1. The quantitative estimate of drug-likeness (QED) is 0.503. The highest BCUT2D eigenvalue weighted by atomic mass is 19.4. The lowest BCUT2D eigenvalue weighted by Crippen LogP contribution is -2.54. The molecule has 0 radical (unpaired) electrons. The molecule has 1 spiro atoms. The van der Waals surface area contributed by atoms with Gasteiger partial charge in [-0.2, -0.15) is 26.3 Å². The number of anilines is 1. The lowest BCUT2D eigenvalue weighted by atomic mass is 9.84. The van der Waals surface area contributed by atoms with E-state index in [1.165, 1.54) is 16.8 Å². The van der Waals surface area contributed by atoms with Gasteiger partial charge in [0.15, 0.2) is 0 Å². The maximum Gasteiger partial charge on any atom is 0.434 e. The van der Waals surface area contributed by atoms with Gasteiger partial charge in [-0.25, -0.2) is 4.79 Å². The number of nitrogens with zero attached hydrogens (tertiary/aromatic N) is 3. The standard InChI is InChI=1S/C24H31F6N3O2/c1-2-31-12-4-8-17-6-3-7-18(19(17)31)16-33-13-5-9-22(33)10-14-32(15-11-22)21(34)35-20(23(25,26)27)24(28,29)30/h3,6-7,20H,2,4-5,8-16H2,1H3. The monoisotopic (exact) mass is 507 g/mol. The van der Waals surface area contributed by atoms with E-state index in [2.05, 4.69) is 39.7 Å². The van der Waals surface area contributed by atoms with Crippen LogP contribution in [0.3, 0.4) is 0 Å². The zero-order valence-electron chi connectivity index (χ0n) is 19.7. The molecule has 1 aromatic carbocycles. The number of carbonyl (C=O) groups excluding carboxylic acids is 1. The number of benzene rings is 1. The van der Waals surface area contributed by atoms with E-state index >= 15 is 0 Å². The number of likely N-dealkylation sites (tertiary alicyclic amines) is 2. The van der Waals surface area contributed by atoms with E-state index < -0.39 is 24.5 Å². The number of hydrogen-bond donors (Lipinski definition) is 0. The molecule has 0 atom stereocenters. The molecule has 0 aliphatic carbocycles. The molecule has 0 unspecified atom stereocenters. The van der Waals surface area contributed by atoms with Crippen molar-refractivity contribution >= 4 is 11.8 Å². The highest BCUT2D eigenvalue weighted by molar-refractivity contribution is 5.68. The van der Waals surface area contributed by atoms with Gasteiger partial charge < -0.3 is 14.5 Å². The van der Waals surface area contributed by atoms with E-state index in [9.17, 15) is 31.1 Å². The molecule has 3 aliphatic rings. The molecule has 1 aromatic rings. The van der Waals surface area contributed by atoms with Crippen LogP contribution in [0.5, 0.6) is 0 Å². The third-order valence-corrected chi connectivity index (χ3v) is 7.64. The number of aryl methyl sites for hydroxylation is 1. The fraction of sp³-hybridized carbons (Fsp3) is 0.708. The molecule has 0 bridgehead atoms. The molecule has 0 N–H and O–H groups in total. The van der Waals surface area contributed by atoms with Crippen molar-refractivity contribution in [3.05, 3.63) is 29.3 Å². The topological polar surface area (TPSA) is 36.0 Å². The maximum atomic E-state index is 12.8. The Hall–Kier alpha value is -2.17. The first-order chi connectivity index (χ1) is 16.4. The summed E-state index contributed by atoms with van der Waals surface area (Å²) >= 11 is 0. The molecular formula is C24H31F6N3O2. The largest absolute Gasteiger partial charge is 0.434 e. The van der Waals surface area contributed by atoms with Crippen LogP contribution in [0.1, 0.15) is 50.2 Å². The van der Waals surface area contributed by atoms with Crippen molar-refractivity contribution in [2.45, 2.75) is 76.0 Å². The van der Waals surface area contributed by atoms with Crippen molar-refractivity contribution in [3.63, 3.8) is 0 Å². The molecule has 35 heavy (non-hydrogen) atoms. The number of halogens is 6. The lowest BCUT2D eigenvalue weighted by Gasteiger charge is -2.45. The van der Waals surface area contributed by atoms with Crippen molar-refractivity contribution in [2.75, 3.05) is 37.6 Å². The van der Waals surface area contributed by atoms with Gasteiger partial charge in [0.25, 0.3) is 6.10 Å². The average Bonchev–Trinajstić information content (AvgIpc) is 3.17. The van der Waals surface area contributed by atoms with E-state index in [0.717, 1.165) is 56.8 Å². The molecule has 4 rings (SSSR count). The summed E-state index contributed by atoms with van der Waals surface area (Å²) in [4.78, 5) is 17.9. The molecular weight excluding hydrogens is 476 g/mol. The number of amides is 1. The van der Waals surface area contributed by atoms with Crippen LogP contribution in [0.15, 0.2) is 18.2 Å². The summed E-state index contributed by atoms with van der Waals surface area (Å²) in [5.74, 6) is 0. The summed E-state index contributed by atoms with van der Waals surface area (Å²) in [5.41, 5.74) is 3.64. The first kappa shape index (κ1) is 25.9. The third kappa shape index (κ3) is 5.34. The van der Waals surface area contributed by atoms with Gasteiger partial charge in [-0.3, -0.25) is 4.90 Å². The minimum absolute atomic E-state index is 0.0613. The Bertz CT molecular complexity index is 898. The van der Waals surface area contributed by atoms with Crippen LogP contribution < -0.4 is 4.90 Å². The summed E-state index contributed by atoms with van der Waals surface area (Å²) in [6.45, 7) is 5.79. The van der Waals surface area contributed by atoms with Crippen molar-refractivity contribution in [1.29, 1.82) is 0 Å². The summed E-state index contributed by atoms with van der Waals surface area (Å²) < 4.78 is 80.6. The van der Waals surface area contributed by atoms with Crippen LogP contribution in [0, 0.1) is 0 Å². The predicted molar refractivity (Wildman–Crippen MR) is 118 cm³/mol. The molecule has 2 fully saturated rings. The number of fused-ring (bicyclic) bond motifs is 1. The molecule has 1 amide bonds. The van der Waals surface area contributed by atoms with E-state index in [0.29, 0.717) is 12.8 Å². The zero-order chi connectivity index (χ0) is 25.4. The Morgan fingerprint density at radius 3 is 2.31 bits per heavy atom. The maximum absolute atomic E-state index is 12.8. The first-order valence-corrected chi connectivity index (χ1v) is 12.1. The summed E-state index contributed by atoms with van der Waals surface area (Å²) in [5, 5.41) is 0. The Balaban J connectivity index is 1.43. The van der Waals surface area contributed by atoms with Gasteiger partial charge in [0.1, 0.15) is 0 Å². The number of hydrogen-bond acceptors (Lipinski definition) is 4. The number of piperidine rings is 1. The predicted octanol–water partition coefficient (Wildman–Crippen LogP) is 5.52. The highest BCUT2D eigenvalue weighted by Crippen LogP contribution is 2.42. The SMILES string of the molecule is CCN1CCCc2cccc(CN3CCCC34CCN(C(=O)OC(C(F)(F)F)C(F)(F)F)CC4)c21. The lowest BCUT2D eigenvalue weighted by molar-refractivity contribution is -0.308. The van der Waals surface area contributed by atoms with Gasteiger partial charge in [0.05, 0.1) is 0 Å². The number of ether oxygens (including phenoxy) is 1. The van der Waals surface area contributed by atoms with Crippen LogP contribution in [0.2, 0.25) is 0 Å². The number of rotatable bonds is 4. The second kappa shape index (κ2) is 9.71. The zero-order valence-corrected chi connectivity index (χ0v) is 19.7. The third-order valence-electron chi connectivity index (χ3n) is 7.64. The number of carbonyl (C=O) groups is 1. The average molecular weight is 508 g/mol. The van der Waals surface area contributed by atoms with Gasteiger partial charge in [-0.15, -0.1) is 0 Å². The van der Waals surface area contributed by atoms with Crippen LogP contribution in [0.4, 0.5) is 36.8 Å². The van der Waals surface area contributed by atoms with Gasteiger partial charge >= 0.3 is 18.4 Å². The smallest absolute Gasteiger partial charge is 0.426 e. The van der Waals surface area contributed by atoms with Crippen LogP contribution in [0.25, 0.3) is 0 Å². The number of para-hydroxylation sites is 1. The Labute approximate surface area is 201 Å². The Morgan fingerprint density at radius 1 is 1.00 bits per heavy atom. The molecule has 11 heteroatoms. The molecule has 0 saturated carbocycles. The van der Waals surface area contributed by atoms with Crippen LogP contribution in [-0.4, -0.2) is 72.6 Å². The van der Waals surface area contributed by atoms with Crippen LogP contribution in [-0.2, 0) is 17.7 Å². The second-order valence-corrected chi connectivity index (χ2v) is 9.69. The number of alkyl halides is 6. The van der Waals surface area contributed by atoms with Gasteiger partial charge in [-0.05, 0) is 63.1 Å². The first-order valence-electron chi connectivity index (χ1n) is 12.1. The Morgan fingerprint density at radius 2 is 1.69 bits per heavy atom. The van der Waals surface area contributed by atoms with Crippen molar-refractivity contribution in [2.24, 2.45) is 0 Å². The minimum atomic E-state index is -5.71. The molecule has 2 saturated heterocycles. The normalized spacial score (nSPS) is 21.0. The van der Waals surface area contributed by atoms with E-state index in [1.807, 2.05) is 0 Å². The van der Waals surface area contributed by atoms with E-state index in [-0.39, 0.29) is 18.6 Å². The van der Waals surface area contributed by atoms with Crippen molar-refractivity contribution in [1.82, 2.24) is 9.80 Å². The molecule has 5 nitrogen and oxygen atoms in total. The van der Waals surface area contributed by atoms with E-state index in [4.69, 9.17) is 0 Å².